The van der Waals surface area contributed by atoms with Crippen molar-refractivity contribution in [3.8, 4) is 22.5 Å². The maximum atomic E-state index is 13.1. The fourth-order valence-corrected chi connectivity index (χ4v) is 3.99. The molecule has 1 aromatic carbocycles. The zero-order valence-corrected chi connectivity index (χ0v) is 16.5. The predicted molar refractivity (Wildman–Crippen MR) is 110 cm³/mol. The van der Waals surface area contributed by atoms with Gasteiger partial charge in [0.15, 0.2) is 4.77 Å². The van der Waals surface area contributed by atoms with E-state index in [2.05, 4.69) is 20.3 Å². The molecule has 1 aliphatic rings. The highest BCUT2D eigenvalue weighted by molar-refractivity contribution is 7.71. The van der Waals surface area contributed by atoms with E-state index in [9.17, 15) is 13.2 Å². The van der Waals surface area contributed by atoms with E-state index in [1.807, 2.05) is 12.1 Å². The Balaban J connectivity index is 1.69. The molecule has 152 valence electrons. The van der Waals surface area contributed by atoms with Gasteiger partial charge in [-0.15, -0.1) is 0 Å². The van der Waals surface area contributed by atoms with Gasteiger partial charge in [-0.2, -0.15) is 13.2 Å². The van der Waals surface area contributed by atoms with Crippen LogP contribution in [0.4, 0.5) is 19.0 Å². The molecule has 0 radical (unpaired) electrons. The lowest BCUT2D eigenvalue weighted by Crippen LogP contribution is -2.22. The quantitative estimate of drug-likeness (QED) is 0.420. The number of benzene rings is 1. The van der Waals surface area contributed by atoms with Gasteiger partial charge in [-0.25, -0.2) is 4.98 Å². The Bertz CT molecular complexity index is 1050. The van der Waals surface area contributed by atoms with Crippen LogP contribution in [0.1, 0.15) is 37.7 Å². The lowest BCUT2D eigenvalue weighted by Gasteiger charge is -2.23. The van der Waals surface area contributed by atoms with Gasteiger partial charge in [-0.3, -0.25) is 0 Å². The molecule has 1 saturated carbocycles. The molecule has 1 fully saturated rings. The van der Waals surface area contributed by atoms with E-state index < -0.39 is 11.7 Å². The van der Waals surface area contributed by atoms with Crippen LogP contribution in [0, 0.1) is 4.77 Å². The van der Waals surface area contributed by atoms with Crippen molar-refractivity contribution in [3.63, 3.8) is 0 Å². The van der Waals surface area contributed by atoms with Crippen LogP contribution in [0.3, 0.4) is 0 Å². The van der Waals surface area contributed by atoms with Gasteiger partial charge in [0.05, 0.1) is 17.0 Å². The Hall–Kier alpha value is -2.61. The summed E-state index contributed by atoms with van der Waals surface area (Å²) in [6.07, 6.45) is 3.22. The molecule has 29 heavy (non-hydrogen) atoms. The predicted octanol–water partition coefficient (Wildman–Crippen LogP) is 6.56. The number of imidazole rings is 1. The second-order valence-electron chi connectivity index (χ2n) is 7.32. The van der Waals surface area contributed by atoms with E-state index in [-0.39, 0.29) is 0 Å². The monoisotopic (exact) mass is 418 g/mol. The number of halogens is 3. The van der Waals surface area contributed by atoms with Crippen LogP contribution < -0.4 is 5.32 Å². The highest BCUT2D eigenvalue weighted by Gasteiger charge is 2.30. The summed E-state index contributed by atoms with van der Waals surface area (Å²) in [5.41, 5.74) is 1.69. The van der Waals surface area contributed by atoms with Crippen molar-refractivity contribution < 1.29 is 13.2 Å². The summed E-state index contributed by atoms with van der Waals surface area (Å²) in [5, 5.41) is 3.48. The largest absolute Gasteiger partial charge is 0.416 e. The fraction of sp³-hybridized carbons (Fsp3) is 0.333. The van der Waals surface area contributed by atoms with Crippen molar-refractivity contribution >= 4 is 18.0 Å². The Morgan fingerprint density at radius 2 is 1.66 bits per heavy atom. The first kappa shape index (κ1) is 19.7. The molecular weight excluding hydrogens is 397 g/mol. The third kappa shape index (κ3) is 4.53. The molecule has 0 amide bonds. The minimum atomic E-state index is -4.41. The number of aromatic amines is 2. The molecule has 0 unspecified atom stereocenters. The first-order valence-electron chi connectivity index (χ1n) is 9.63. The Morgan fingerprint density at radius 1 is 0.966 bits per heavy atom. The SMILES string of the molecule is FC(F)(F)c1cccc(-c2[nH]c(=S)[nH]c2-c2ccnc(NC3CCCCC3)c2)c1. The van der Waals surface area contributed by atoms with Crippen LogP contribution in [-0.2, 0) is 6.18 Å². The third-order valence-electron chi connectivity index (χ3n) is 5.21. The first-order valence-corrected chi connectivity index (χ1v) is 10.0. The van der Waals surface area contributed by atoms with Crippen LogP contribution in [0.5, 0.6) is 0 Å². The van der Waals surface area contributed by atoms with E-state index in [1.165, 1.54) is 25.3 Å². The van der Waals surface area contributed by atoms with Crippen LogP contribution in [0.15, 0.2) is 42.6 Å². The van der Waals surface area contributed by atoms with Gasteiger partial charge in [0.2, 0.25) is 0 Å². The second-order valence-corrected chi connectivity index (χ2v) is 7.72. The van der Waals surface area contributed by atoms with Crippen LogP contribution in [-0.4, -0.2) is 21.0 Å². The maximum Gasteiger partial charge on any atom is 0.416 e. The molecule has 0 spiro atoms. The smallest absolute Gasteiger partial charge is 0.367 e. The molecule has 1 aliphatic carbocycles. The van der Waals surface area contributed by atoms with Crippen molar-refractivity contribution in [2.45, 2.75) is 44.3 Å². The van der Waals surface area contributed by atoms with E-state index >= 15 is 0 Å². The number of rotatable bonds is 4. The normalized spacial score (nSPS) is 15.4. The molecule has 4 nitrogen and oxygen atoms in total. The van der Waals surface area contributed by atoms with Crippen LogP contribution in [0.25, 0.3) is 22.5 Å². The van der Waals surface area contributed by atoms with Crippen LogP contribution in [0.2, 0.25) is 0 Å². The molecule has 3 aromatic rings. The molecule has 0 saturated heterocycles. The highest BCUT2D eigenvalue weighted by atomic mass is 32.1. The molecular formula is C21H21F3N4S. The average Bonchev–Trinajstić information content (AvgIpc) is 3.10. The first-order chi connectivity index (χ1) is 13.9. The van der Waals surface area contributed by atoms with Gasteiger partial charge in [0.1, 0.15) is 5.82 Å². The Kier molecular flexibility index (Phi) is 5.45. The summed E-state index contributed by atoms with van der Waals surface area (Å²) >= 11 is 5.23. The van der Waals surface area contributed by atoms with E-state index in [4.69, 9.17) is 12.2 Å². The van der Waals surface area contributed by atoms with Gasteiger partial charge in [-0.05, 0) is 49.3 Å². The molecule has 4 rings (SSSR count). The summed E-state index contributed by atoms with van der Waals surface area (Å²) in [7, 11) is 0. The van der Waals surface area contributed by atoms with Crippen molar-refractivity contribution in [3.05, 3.63) is 52.9 Å². The van der Waals surface area contributed by atoms with Crippen molar-refractivity contribution in [2.75, 3.05) is 5.32 Å². The number of hydrogen-bond donors (Lipinski definition) is 3. The number of aromatic nitrogens is 3. The number of alkyl halides is 3. The number of nitrogens with zero attached hydrogens (tertiary/aromatic N) is 1. The molecule has 8 heteroatoms. The van der Waals surface area contributed by atoms with Crippen molar-refractivity contribution in [1.29, 1.82) is 0 Å². The zero-order valence-electron chi connectivity index (χ0n) is 15.6. The average molecular weight is 418 g/mol. The minimum absolute atomic E-state index is 0.353. The van der Waals surface area contributed by atoms with E-state index in [0.717, 1.165) is 36.4 Å². The second kappa shape index (κ2) is 8.02. The van der Waals surface area contributed by atoms with Gasteiger partial charge < -0.3 is 15.3 Å². The Labute approximate surface area is 171 Å². The van der Waals surface area contributed by atoms with Gasteiger partial charge in [-0.1, -0.05) is 31.4 Å². The maximum absolute atomic E-state index is 13.1. The van der Waals surface area contributed by atoms with Crippen LogP contribution >= 0.6 is 12.2 Å². The lowest BCUT2D eigenvalue weighted by atomic mass is 9.95. The fourth-order valence-electron chi connectivity index (χ4n) is 3.79. The summed E-state index contributed by atoms with van der Waals surface area (Å²) in [6, 6.07) is 9.34. The summed E-state index contributed by atoms with van der Waals surface area (Å²) in [4.78, 5) is 10.5. The molecule has 0 bridgehead atoms. The highest BCUT2D eigenvalue weighted by Crippen LogP contribution is 2.35. The number of pyridine rings is 1. The molecule has 2 aromatic heterocycles. The molecule has 0 atom stereocenters. The standard InChI is InChI=1S/C21H21F3N4S/c22-21(23,24)15-6-4-5-13(11-15)18-19(28-20(29)27-18)14-9-10-25-17(12-14)26-16-7-2-1-3-8-16/h4-6,9-12,16H,1-3,7-8H2,(H,25,26)(H2,27,28,29). The minimum Gasteiger partial charge on any atom is -0.367 e. The zero-order chi connectivity index (χ0) is 20.4. The number of anilines is 1. The number of nitrogens with one attached hydrogen (secondary N) is 3. The van der Waals surface area contributed by atoms with Gasteiger partial charge in [0, 0.05) is 23.4 Å². The number of H-pyrrole nitrogens is 2. The van der Waals surface area contributed by atoms with Crippen molar-refractivity contribution in [1.82, 2.24) is 15.0 Å². The lowest BCUT2D eigenvalue weighted by molar-refractivity contribution is -0.137. The summed E-state index contributed by atoms with van der Waals surface area (Å²) in [6.45, 7) is 0. The summed E-state index contributed by atoms with van der Waals surface area (Å²) < 4.78 is 39.8. The van der Waals surface area contributed by atoms with E-state index in [0.29, 0.717) is 27.8 Å². The van der Waals surface area contributed by atoms with E-state index in [1.54, 1.807) is 12.3 Å². The third-order valence-corrected chi connectivity index (χ3v) is 5.42. The van der Waals surface area contributed by atoms with Gasteiger partial charge >= 0.3 is 6.18 Å². The number of hydrogen-bond acceptors (Lipinski definition) is 3. The molecule has 3 N–H and O–H groups in total. The van der Waals surface area contributed by atoms with Gasteiger partial charge in [0.25, 0.3) is 0 Å². The molecule has 2 heterocycles. The Morgan fingerprint density at radius 3 is 2.34 bits per heavy atom. The summed E-state index contributed by atoms with van der Waals surface area (Å²) in [5.74, 6) is 0.755. The van der Waals surface area contributed by atoms with Crippen molar-refractivity contribution in [2.24, 2.45) is 0 Å². The topological polar surface area (TPSA) is 56.5 Å². The molecule has 0 aliphatic heterocycles.